The molecule has 1 fully saturated rings. The molecule has 8 nitrogen and oxygen atoms in total. The average Bonchev–Trinajstić information content (AvgIpc) is 3.59. The maximum atomic E-state index is 14.8. The summed E-state index contributed by atoms with van der Waals surface area (Å²) < 4.78 is 35.6. The molecule has 0 spiro atoms. The third kappa shape index (κ3) is 8.26. The molecule has 4 aromatic carbocycles. The second-order valence-electron chi connectivity index (χ2n) is 12.6. The summed E-state index contributed by atoms with van der Waals surface area (Å²) in [6, 6.07) is 28.3. The minimum absolute atomic E-state index is 0.0427. The third-order valence-electron chi connectivity index (χ3n) is 9.07. The monoisotopic (exact) mass is 667 g/mol. The highest BCUT2D eigenvalue weighted by molar-refractivity contribution is 7.92. The van der Waals surface area contributed by atoms with Crippen LogP contribution in [0.5, 0.6) is 5.75 Å². The molecule has 252 valence electrons. The molecule has 1 aliphatic rings. The van der Waals surface area contributed by atoms with Gasteiger partial charge >= 0.3 is 0 Å². The number of benzene rings is 4. The van der Waals surface area contributed by atoms with Crippen LogP contribution in [0.3, 0.4) is 0 Å². The van der Waals surface area contributed by atoms with Crippen LogP contribution < -0.4 is 14.4 Å². The van der Waals surface area contributed by atoms with Gasteiger partial charge in [-0.15, -0.1) is 0 Å². The van der Waals surface area contributed by atoms with Crippen molar-refractivity contribution in [1.29, 1.82) is 0 Å². The Hall–Kier alpha value is -4.63. The molecule has 1 atom stereocenters. The SMILES string of the molecule is COc1ccc(C)cc1N(CC(=O)N(Cc1ccccc1C)[C@@H](Cc1ccccc1)C(=O)NC1CCCC1)S(=O)(=O)c1ccc(C)cc1. The van der Waals surface area contributed by atoms with E-state index in [9.17, 15) is 18.0 Å². The zero-order valence-corrected chi connectivity index (χ0v) is 29.0. The number of ether oxygens (including phenoxy) is 1. The van der Waals surface area contributed by atoms with Gasteiger partial charge in [0.05, 0.1) is 17.7 Å². The molecule has 0 radical (unpaired) electrons. The molecular weight excluding hydrogens is 623 g/mol. The predicted octanol–water partition coefficient (Wildman–Crippen LogP) is 6.51. The summed E-state index contributed by atoms with van der Waals surface area (Å²) >= 11 is 0. The van der Waals surface area contributed by atoms with E-state index in [0.29, 0.717) is 5.75 Å². The minimum atomic E-state index is -4.25. The molecule has 9 heteroatoms. The van der Waals surface area contributed by atoms with Gasteiger partial charge in [-0.3, -0.25) is 13.9 Å². The highest BCUT2D eigenvalue weighted by Gasteiger charge is 2.36. The standard InChI is InChI=1S/C39H45N3O5S/c1-28-18-21-34(22-19-28)48(45,46)42(35-24-29(2)20-23-37(35)47-4)27-38(43)41(26-32-15-9-8-12-30(32)3)36(25-31-13-6-5-7-14-31)39(44)40-33-16-10-11-17-33/h5-9,12-15,18-24,33,36H,10-11,16-17,25-27H2,1-4H3,(H,40,44)/t36-/m0/s1. The van der Waals surface area contributed by atoms with Gasteiger partial charge in [-0.25, -0.2) is 8.42 Å². The quantitative estimate of drug-likeness (QED) is 0.175. The van der Waals surface area contributed by atoms with Crippen LogP contribution in [0.25, 0.3) is 0 Å². The summed E-state index contributed by atoms with van der Waals surface area (Å²) in [5, 5.41) is 3.22. The van der Waals surface area contributed by atoms with Gasteiger partial charge in [-0.2, -0.15) is 0 Å². The third-order valence-corrected chi connectivity index (χ3v) is 10.8. The molecule has 0 aromatic heterocycles. The van der Waals surface area contributed by atoms with Crippen molar-refractivity contribution in [3.8, 4) is 5.75 Å². The van der Waals surface area contributed by atoms with E-state index in [1.54, 1.807) is 41.3 Å². The van der Waals surface area contributed by atoms with Crippen molar-refractivity contribution in [3.05, 3.63) is 125 Å². The van der Waals surface area contributed by atoms with Gasteiger partial charge in [0.15, 0.2) is 0 Å². The number of anilines is 1. The number of amides is 2. The van der Waals surface area contributed by atoms with Crippen LogP contribution in [0.1, 0.15) is 53.5 Å². The Morgan fingerprint density at radius 1 is 0.854 bits per heavy atom. The number of rotatable bonds is 13. The normalized spacial score (nSPS) is 13.9. The lowest BCUT2D eigenvalue weighted by Crippen LogP contribution is -2.54. The molecule has 1 N–H and O–H groups in total. The number of nitrogens with zero attached hydrogens (tertiary/aromatic N) is 2. The van der Waals surface area contributed by atoms with E-state index in [2.05, 4.69) is 5.32 Å². The van der Waals surface area contributed by atoms with Crippen molar-refractivity contribution in [2.45, 2.75) is 76.4 Å². The molecular formula is C39H45N3O5S. The zero-order valence-electron chi connectivity index (χ0n) is 28.2. The van der Waals surface area contributed by atoms with Crippen LogP contribution in [0.4, 0.5) is 5.69 Å². The van der Waals surface area contributed by atoms with Crippen LogP contribution in [0, 0.1) is 20.8 Å². The lowest BCUT2D eigenvalue weighted by molar-refractivity contribution is -0.140. The topological polar surface area (TPSA) is 96.0 Å². The number of methoxy groups -OCH3 is 1. The van der Waals surface area contributed by atoms with Gasteiger partial charge in [0.1, 0.15) is 18.3 Å². The second kappa shape index (κ2) is 15.5. The fraction of sp³-hybridized carbons (Fsp3) is 0.333. The largest absolute Gasteiger partial charge is 0.495 e. The molecule has 48 heavy (non-hydrogen) atoms. The van der Waals surface area contributed by atoms with E-state index in [-0.39, 0.29) is 35.5 Å². The van der Waals surface area contributed by atoms with Gasteiger partial charge in [-0.1, -0.05) is 91.2 Å². The summed E-state index contributed by atoms with van der Waals surface area (Å²) in [7, 11) is -2.78. The molecule has 0 aliphatic heterocycles. The minimum Gasteiger partial charge on any atom is -0.495 e. The summed E-state index contributed by atoms with van der Waals surface area (Å²) in [6.07, 6.45) is 4.15. The smallest absolute Gasteiger partial charge is 0.264 e. The summed E-state index contributed by atoms with van der Waals surface area (Å²) in [4.78, 5) is 30.7. The highest BCUT2D eigenvalue weighted by Crippen LogP contribution is 2.34. The second-order valence-corrected chi connectivity index (χ2v) is 14.5. The summed E-state index contributed by atoms with van der Waals surface area (Å²) in [5.41, 5.74) is 4.70. The number of carbonyl (C=O) groups excluding carboxylic acids is 2. The first-order valence-electron chi connectivity index (χ1n) is 16.5. The first kappa shape index (κ1) is 34.7. The Kier molecular flexibility index (Phi) is 11.2. The Bertz CT molecular complexity index is 1820. The first-order valence-corrected chi connectivity index (χ1v) is 17.9. The van der Waals surface area contributed by atoms with Crippen molar-refractivity contribution in [2.24, 2.45) is 0 Å². The van der Waals surface area contributed by atoms with Crippen molar-refractivity contribution in [3.63, 3.8) is 0 Å². The van der Waals surface area contributed by atoms with Crippen molar-refractivity contribution in [2.75, 3.05) is 18.0 Å². The number of hydrogen-bond acceptors (Lipinski definition) is 5. The van der Waals surface area contributed by atoms with Gasteiger partial charge < -0.3 is 15.0 Å². The molecule has 0 bridgehead atoms. The molecule has 4 aromatic rings. The van der Waals surface area contributed by atoms with E-state index in [0.717, 1.165) is 57.8 Å². The Morgan fingerprint density at radius 2 is 1.50 bits per heavy atom. The van der Waals surface area contributed by atoms with Crippen molar-refractivity contribution in [1.82, 2.24) is 10.2 Å². The predicted molar refractivity (Wildman–Crippen MR) is 190 cm³/mol. The maximum absolute atomic E-state index is 14.8. The summed E-state index contributed by atoms with van der Waals surface area (Å²) in [6.45, 7) is 5.30. The fourth-order valence-electron chi connectivity index (χ4n) is 6.24. The number of carbonyl (C=O) groups is 2. The van der Waals surface area contributed by atoms with E-state index in [4.69, 9.17) is 4.74 Å². The van der Waals surface area contributed by atoms with E-state index in [1.165, 1.54) is 7.11 Å². The van der Waals surface area contributed by atoms with Crippen LogP contribution >= 0.6 is 0 Å². The van der Waals surface area contributed by atoms with Gasteiger partial charge in [0, 0.05) is 19.0 Å². The zero-order chi connectivity index (χ0) is 34.3. The molecule has 5 rings (SSSR count). The summed E-state index contributed by atoms with van der Waals surface area (Å²) in [5.74, 6) is -0.428. The lowest BCUT2D eigenvalue weighted by atomic mass is 10.0. The van der Waals surface area contributed by atoms with E-state index >= 15 is 0 Å². The van der Waals surface area contributed by atoms with Crippen LogP contribution in [-0.4, -0.2) is 50.9 Å². The number of aryl methyl sites for hydroxylation is 3. The molecule has 1 aliphatic carbocycles. The van der Waals surface area contributed by atoms with Crippen LogP contribution in [-0.2, 0) is 32.6 Å². The number of hydrogen-bond donors (Lipinski definition) is 1. The van der Waals surface area contributed by atoms with Gasteiger partial charge in [-0.05, 0) is 80.1 Å². The van der Waals surface area contributed by atoms with Crippen LogP contribution in [0.15, 0.2) is 102 Å². The molecule has 0 unspecified atom stereocenters. The van der Waals surface area contributed by atoms with E-state index < -0.39 is 28.5 Å². The lowest BCUT2D eigenvalue weighted by Gasteiger charge is -2.35. The Labute approximate surface area is 284 Å². The number of sulfonamides is 1. The highest BCUT2D eigenvalue weighted by atomic mass is 32.2. The number of nitrogens with one attached hydrogen (secondary N) is 1. The van der Waals surface area contributed by atoms with E-state index in [1.807, 2.05) is 81.4 Å². The molecule has 2 amide bonds. The molecule has 1 saturated carbocycles. The first-order chi connectivity index (χ1) is 23.1. The van der Waals surface area contributed by atoms with Crippen molar-refractivity contribution < 1.29 is 22.7 Å². The van der Waals surface area contributed by atoms with Crippen molar-refractivity contribution >= 4 is 27.5 Å². The molecule has 0 heterocycles. The van der Waals surface area contributed by atoms with Gasteiger partial charge in [0.2, 0.25) is 11.8 Å². The fourth-order valence-corrected chi connectivity index (χ4v) is 7.65. The Morgan fingerprint density at radius 3 is 2.17 bits per heavy atom. The Balaban J connectivity index is 1.61. The maximum Gasteiger partial charge on any atom is 0.264 e. The van der Waals surface area contributed by atoms with Gasteiger partial charge in [0.25, 0.3) is 10.0 Å². The average molecular weight is 668 g/mol. The molecule has 0 saturated heterocycles. The van der Waals surface area contributed by atoms with Crippen LogP contribution in [0.2, 0.25) is 0 Å².